The Hall–Kier alpha value is -2.68. The number of aromatic nitrogens is 3. The highest BCUT2D eigenvalue weighted by Crippen LogP contribution is 2.30. The Morgan fingerprint density at radius 3 is 2.39 bits per heavy atom. The fourth-order valence-corrected chi connectivity index (χ4v) is 6.67. The van der Waals surface area contributed by atoms with Crippen molar-refractivity contribution in [3.8, 4) is 5.69 Å². The highest BCUT2D eigenvalue weighted by atomic mass is 35.5. The number of nitrogens with one attached hydrogen (secondary N) is 2. The summed E-state index contributed by atoms with van der Waals surface area (Å²) in [6.45, 7) is 7.08. The van der Waals surface area contributed by atoms with E-state index in [2.05, 4.69) is 45.1 Å². The molecule has 0 radical (unpaired) electrons. The van der Waals surface area contributed by atoms with Gasteiger partial charge in [0.25, 0.3) is 0 Å². The van der Waals surface area contributed by atoms with E-state index in [1.807, 2.05) is 54.2 Å². The molecular weight excluding hydrogens is 535 g/mol. The summed E-state index contributed by atoms with van der Waals surface area (Å²) >= 11 is 15.0. The summed E-state index contributed by atoms with van der Waals surface area (Å²) in [4.78, 5) is 9.53. The Bertz CT molecular complexity index is 1450. The van der Waals surface area contributed by atoms with Crippen molar-refractivity contribution in [3.63, 3.8) is 0 Å². The van der Waals surface area contributed by atoms with Gasteiger partial charge in [-0.2, -0.15) is 0 Å². The molecule has 1 saturated heterocycles. The standard InChI is InChI=1S/C29H28Cl2N6S/c30-21-10-11-26-24(18-21)29(23-8-4-5-9-25(23)31)32-19-27-33-34-28(37(26)27)20-36-14-12-35(13-15-36)16-17-38-22-6-2-1-3-7-22/h1-11,18H,12-17,19-20H2/p+2. The Balaban J connectivity index is 1.16. The molecule has 2 aliphatic heterocycles. The van der Waals surface area contributed by atoms with Gasteiger partial charge in [-0.05, 0) is 36.4 Å². The van der Waals surface area contributed by atoms with Gasteiger partial charge in [0.1, 0.15) is 39.3 Å². The number of rotatable bonds is 7. The quantitative estimate of drug-likeness (QED) is 0.339. The van der Waals surface area contributed by atoms with Gasteiger partial charge in [0.2, 0.25) is 0 Å². The number of aliphatic imine (C=N–C) groups is 1. The van der Waals surface area contributed by atoms with Gasteiger partial charge in [-0.3, -0.25) is 9.56 Å². The summed E-state index contributed by atoms with van der Waals surface area (Å²) in [5, 5.41) is 10.5. The minimum absolute atomic E-state index is 0.437. The summed E-state index contributed by atoms with van der Waals surface area (Å²) in [6.07, 6.45) is 0. The first-order chi connectivity index (χ1) is 18.7. The zero-order valence-corrected chi connectivity index (χ0v) is 23.4. The second-order valence-electron chi connectivity index (χ2n) is 9.76. The van der Waals surface area contributed by atoms with Crippen molar-refractivity contribution in [2.75, 3.05) is 38.5 Å². The van der Waals surface area contributed by atoms with Gasteiger partial charge in [0.15, 0.2) is 11.6 Å². The summed E-state index contributed by atoms with van der Waals surface area (Å²) in [5.41, 5.74) is 3.68. The van der Waals surface area contributed by atoms with E-state index in [1.165, 1.54) is 24.5 Å². The molecule has 0 saturated carbocycles. The maximum Gasteiger partial charge on any atom is 0.192 e. The van der Waals surface area contributed by atoms with Crippen LogP contribution in [-0.4, -0.2) is 59.0 Å². The Labute approximate surface area is 237 Å². The van der Waals surface area contributed by atoms with Crippen LogP contribution in [0.2, 0.25) is 10.0 Å². The van der Waals surface area contributed by atoms with Crippen LogP contribution in [0.15, 0.2) is 82.7 Å². The average molecular weight is 566 g/mol. The first kappa shape index (κ1) is 25.6. The number of hydrogen-bond acceptors (Lipinski definition) is 4. The molecule has 0 aliphatic carbocycles. The Kier molecular flexibility index (Phi) is 7.81. The van der Waals surface area contributed by atoms with Crippen LogP contribution in [0.3, 0.4) is 0 Å². The molecule has 1 fully saturated rings. The maximum atomic E-state index is 6.58. The summed E-state index contributed by atoms with van der Waals surface area (Å²) in [6, 6.07) is 24.4. The van der Waals surface area contributed by atoms with Crippen molar-refractivity contribution < 1.29 is 9.80 Å². The average Bonchev–Trinajstić information content (AvgIpc) is 3.25. The number of nitrogens with zero attached hydrogens (tertiary/aromatic N) is 4. The lowest BCUT2D eigenvalue weighted by molar-refractivity contribution is -1.02. The lowest BCUT2D eigenvalue weighted by Crippen LogP contribution is -3.27. The number of piperazine rings is 1. The van der Waals surface area contributed by atoms with E-state index >= 15 is 0 Å². The summed E-state index contributed by atoms with van der Waals surface area (Å²) < 4.78 is 2.18. The first-order valence-electron chi connectivity index (χ1n) is 13.0. The molecule has 9 heteroatoms. The van der Waals surface area contributed by atoms with Gasteiger partial charge in [-0.25, -0.2) is 0 Å². The topological polar surface area (TPSA) is 51.9 Å². The highest BCUT2D eigenvalue weighted by Gasteiger charge is 2.28. The van der Waals surface area contributed by atoms with Crippen LogP contribution < -0.4 is 9.80 Å². The van der Waals surface area contributed by atoms with Crippen LogP contribution in [0.1, 0.15) is 22.8 Å². The molecular formula is C29H30Cl2N6S+2. The molecule has 1 aromatic heterocycles. The zero-order valence-electron chi connectivity index (χ0n) is 21.0. The van der Waals surface area contributed by atoms with Crippen LogP contribution >= 0.6 is 35.0 Å². The minimum atomic E-state index is 0.437. The molecule has 2 N–H and O–H groups in total. The minimum Gasteiger partial charge on any atom is -0.325 e. The van der Waals surface area contributed by atoms with Crippen LogP contribution in [0, 0.1) is 0 Å². The van der Waals surface area contributed by atoms with Crippen molar-refractivity contribution >= 4 is 40.7 Å². The molecule has 3 heterocycles. The number of halogens is 2. The third-order valence-electron chi connectivity index (χ3n) is 7.30. The molecule has 0 amide bonds. The van der Waals surface area contributed by atoms with Gasteiger partial charge in [0, 0.05) is 31.8 Å². The molecule has 0 bridgehead atoms. The number of fused-ring (bicyclic) bond motifs is 3. The molecule has 38 heavy (non-hydrogen) atoms. The largest absolute Gasteiger partial charge is 0.325 e. The second kappa shape index (κ2) is 11.6. The molecule has 3 aromatic carbocycles. The molecule has 0 spiro atoms. The van der Waals surface area contributed by atoms with Crippen LogP contribution in [0.4, 0.5) is 0 Å². The van der Waals surface area contributed by atoms with E-state index in [0.717, 1.165) is 59.6 Å². The molecule has 0 unspecified atom stereocenters. The fourth-order valence-electron chi connectivity index (χ4n) is 5.30. The predicted octanol–water partition coefficient (Wildman–Crippen LogP) is 3.00. The van der Waals surface area contributed by atoms with Crippen LogP contribution in [0.5, 0.6) is 0 Å². The normalized spacial score (nSPS) is 18.8. The highest BCUT2D eigenvalue weighted by molar-refractivity contribution is 7.99. The fraction of sp³-hybridized carbons (Fsp3) is 0.276. The molecule has 6 rings (SSSR count). The molecule has 194 valence electrons. The molecule has 0 atom stereocenters. The van der Waals surface area contributed by atoms with Crippen LogP contribution in [0.25, 0.3) is 5.69 Å². The van der Waals surface area contributed by atoms with Crippen molar-refractivity contribution in [1.29, 1.82) is 0 Å². The second-order valence-corrected chi connectivity index (χ2v) is 11.8. The maximum absolute atomic E-state index is 6.58. The van der Waals surface area contributed by atoms with E-state index < -0.39 is 0 Å². The molecule has 2 aliphatic rings. The van der Waals surface area contributed by atoms with Gasteiger partial charge in [0.05, 0.1) is 17.9 Å². The smallest absolute Gasteiger partial charge is 0.192 e. The monoisotopic (exact) mass is 564 g/mol. The lowest BCUT2D eigenvalue weighted by Gasteiger charge is -2.29. The molecule has 4 aromatic rings. The Morgan fingerprint density at radius 2 is 1.58 bits per heavy atom. The van der Waals surface area contributed by atoms with Gasteiger partial charge in [-0.1, -0.05) is 59.6 Å². The van der Waals surface area contributed by atoms with Crippen LogP contribution in [-0.2, 0) is 13.1 Å². The Morgan fingerprint density at radius 1 is 0.816 bits per heavy atom. The van der Waals surface area contributed by atoms with Gasteiger partial charge in [-0.15, -0.1) is 22.0 Å². The first-order valence-corrected chi connectivity index (χ1v) is 14.8. The number of thioether (sulfide) groups is 1. The van der Waals surface area contributed by atoms with Crippen molar-refractivity contribution in [1.82, 2.24) is 14.8 Å². The number of quaternary nitrogens is 2. The van der Waals surface area contributed by atoms with E-state index in [-0.39, 0.29) is 0 Å². The van der Waals surface area contributed by atoms with Crippen molar-refractivity contribution in [2.45, 2.75) is 18.0 Å². The van der Waals surface area contributed by atoms with Gasteiger partial charge < -0.3 is 9.80 Å². The summed E-state index contributed by atoms with van der Waals surface area (Å²) in [7, 11) is 0. The predicted molar refractivity (Wildman–Crippen MR) is 154 cm³/mol. The summed E-state index contributed by atoms with van der Waals surface area (Å²) in [5.74, 6) is 2.96. The molecule has 6 nitrogen and oxygen atoms in total. The third kappa shape index (κ3) is 5.53. The zero-order chi connectivity index (χ0) is 25.9. The van der Waals surface area contributed by atoms with Crippen molar-refractivity contribution in [2.24, 2.45) is 4.99 Å². The number of benzene rings is 3. The lowest BCUT2D eigenvalue weighted by atomic mass is 10.0. The van der Waals surface area contributed by atoms with Crippen molar-refractivity contribution in [3.05, 3.63) is 106 Å². The van der Waals surface area contributed by atoms with E-state index in [9.17, 15) is 0 Å². The SMILES string of the molecule is Clc1ccc2c(c1)C(c1ccccc1Cl)=NCc1nnc(C[NH+]3CC[NH+](CCSc4ccccc4)CC3)n1-2. The third-order valence-corrected chi connectivity index (χ3v) is 8.88. The van der Waals surface area contributed by atoms with Gasteiger partial charge >= 0.3 is 0 Å². The van der Waals surface area contributed by atoms with E-state index in [0.29, 0.717) is 16.6 Å². The van der Waals surface area contributed by atoms with E-state index in [1.54, 1.807) is 9.80 Å². The number of hydrogen-bond donors (Lipinski definition) is 2. The van der Waals surface area contributed by atoms with E-state index in [4.69, 9.17) is 28.2 Å².